The summed E-state index contributed by atoms with van der Waals surface area (Å²) in [6.45, 7) is -0.480. The van der Waals surface area contributed by atoms with Crippen LogP contribution in [0.15, 0.2) is 91.0 Å². The number of aliphatic hydroxyl groups is 3. The van der Waals surface area contributed by atoms with Gasteiger partial charge in [-0.15, -0.1) is 0 Å². The average molecular weight is 559 g/mol. The van der Waals surface area contributed by atoms with E-state index in [0.717, 1.165) is 22.3 Å². The van der Waals surface area contributed by atoms with E-state index in [-0.39, 0.29) is 25.5 Å². The molecule has 0 spiro atoms. The van der Waals surface area contributed by atoms with E-state index >= 15 is 0 Å². The molecule has 2 amide bonds. The van der Waals surface area contributed by atoms with Crippen molar-refractivity contribution in [2.45, 2.75) is 50.0 Å². The summed E-state index contributed by atoms with van der Waals surface area (Å²) in [6.07, 6.45) is 2.44. The van der Waals surface area contributed by atoms with E-state index in [1.54, 1.807) is 0 Å². The van der Waals surface area contributed by atoms with Gasteiger partial charge in [-0.3, -0.25) is 4.79 Å². The Labute approximate surface area is 240 Å². The molecule has 0 saturated heterocycles. The number of fused-ring (bicyclic) bond motifs is 1. The smallest absolute Gasteiger partial charge is 0.407 e. The number of amides is 2. The second kappa shape index (κ2) is 15.1. The number of carbonyl (C=O) groups is 2. The minimum atomic E-state index is -1.08. The summed E-state index contributed by atoms with van der Waals surface area (Å²) >= 11 is 0. The van der Waals surface area contributed by atoms with Crippen molar-refractivity contribution >= 4 is 18.1 Å². The van der Waals surface area contributed by atoms with Gasteiger partial charge in [0.05, 0.1) is 30.9 Å². The van der Waals surface area contributed by atoms with Crippen molar-refractivity contribution < 1.29 is 29.6 Å². The number of carbonyl (C=O) groups excluding carboxylic acids is 2. The molecule has 0 heterocycles. The van der Waals surface area contributed by atoms with E-state index < -0.39 is 36.3 Å². The van der Waals surface area contributed by atoms with Crippen LogP contribution in [0.25, 0.3) is 6.08 Å². The minimum Gasteiger partial charge on any atom is -0.447 e. The molecule has 0 fully saturated rings. The van der Waals surface area contributed by atoms with Crippen molar-refractivity contribution in [2.75, 3.05) is 13.2 Å². The Morgan fingerprint density at radius 1 is 0.976 bits per heavy atom. The molecule has 0 bridgehead atoms. The summed E-state index contributed by atoms with van der Waals surface area (Å²) in [4.78, 5) is 26.0. The Hall–Kier alpha value is -3.98. The van der Waals surface area contributed by atoms with Gasteiger partial charge in [-0.05, 0) is 41.5 Å². The highest BCUT2D eigenvalue weighted by atomic mass is 16.6. The lowest BCUT2D eigenvalue weighted by Crippen LogP contribution is -2.47. The van der Waals surface area contributed by atoms with Gasteiger partial charge in [-0.1, -0.05) is 97.1 Å². The highest BCUT2D eigenvalue weighted by Crippen LogP contribution is 2.32. The van der Waals surface area contributed by atoms with Gasteiger partial charge in [0, 0.05) is 12.3 Å². The number of nitrogens with one attached hydrogen (secondary N) is 2. The first-order valence-corrected chi connectivity index (χ1v) is 14.0. The van der Waals surface area contributed by atoms with E-state index in [2.05, 4.69) is 10.6 Å². The average Bonchev–Trinajstić information content (AvgIpc) is 3.30. The number of hydrogen-bond acceptors (Lipinski definition) is 6. The maximum atomic E-state index is 13.7. The number of allylic oxidation sites excluding steroid dienone is 1. The van der Waals surface area contributed by atoms with Crippen LogP contribution in [-0.2, 0) is 22.4 Å². The van der Waals surface area contributed by atoms with E-state index in [1.807, 2.05) is 97.1 Å². The normalized spacial score (nSPS) is 18.3. The van der Waals surface area contributed by atoms with E-state index in [1.165, 1.54) is 0 Å². The van der Waals surface area contributed by atoms with Crippen molar-refractivity contribution in [2.24, 2.45) is 5.92 Å². The molecule has 5 N–H and O–H groups in total. The van der Waals surface area contributed by atoms with Gasteiger partial charge in [0.25, 0.3) is 0 Å². The molecule has 0 aliphatic heterocycles. The number of alkyl carbamates (subject to hydrolysis) is 1. The largest absolute Gasteiger partial charge is 0.447 e. The third-order valence-corrected chi connectivity index (χ3v) is 7.32. The molecule has 1 aliphatic rings. The second-order valence-corrected chi connectivity index (χ2v) is 10.3. The molecule has 41 heavy (non-hydrogen) atoms. The highest BCUT2D eigenvalue weighted by molar-refractivity contribution is 5.80. The molecule has 8 heteroatoms. The molecule has 5 unspecified atom stereocenters. The molecule has 3 aromatic carbocycles. The summed E-state index contributed by atoms with van der Waals surface area (Å²) in [6, 6.07) is 25.5. The van der Waals surface area contributed by atoms with Gasteiger partial charge >= 0.3 is 6.09 Å². The van der Waals surface area contributed by atoms with Gasteiger partial charge in [0.2, 0.25) is 5.91 Å². The zero-order chi connectivity index (χ0) is 29.0. The van der Waals surface area contributed by atoms with Crippen LogP contribution in [0.4, 0.5) is 4.79 Å². The first-order valence-electron chi connectivity index (χ1n) is 14.0. The van der Waals surface area contributed by atoms with Gasteiger partial charge in [-0.25, -0.2) is 4.79 Å². The SMILES string of the molecule is O=C(NC(Cc1ccccc1)C(O)CC(C/C=C/c1ccccc1)C(=O)NC1c2ccccc2CC1O)OCCO. The fourth-order valence-electron chi connectivity index (χ4n) is 5.20. The summed E-state index contributed by atoms with van der Waals surface area (Å²) < 4.78 is 4.98. The summed E-state index contributed by atoms with van der Waals surface area (Å²) in [5.74, 6) is -0.928. The van der Waals surface area contributed by atoms with Crippen LogP contribution >= 0.6 is 0 Å². The Bertz CT molecular complexity index is 1280. The Balaban J connectivity index is 1.52. The van der Waals surface area contributed by atoms with E-state index in [0.29, 0.717) is 19.3 Å². The molecule has 216 valence electrons. The predicted molar refractivity (Wildman–Crippen MR) is 157 cm³/mol. The number of benzene rings is 3. The van der Waals surface area contributed by atoms with Crippen LogP contribution in [0.5, 0.6) is 0 Å². The monoisotopic (exact) mass is 558 g/mol. The molecule has 0 saturated carbocycles. The third kappa shape index (κ3) is 8.75. The second-order valence-electron chi connectivity index (χ2n) is 10.3. The fourth-order valence-corrected chi connectivity index (χ4v) is 5.20. The highest BCUT2D eigenvalue weighted by Gasteiger charge is 2.35. The van der Waals surface area contributed by atoms with Crippen LogP contribution in [-0.4, -0.2) is 58.8 Å². The maximum absolute atomic E-state index is 13.7. The fraction of sp³-hybridized carbons (Fsp3) is 0.333. The van der Waals surface area contributed by atoms with E-state index in [4.69, 9.17) is 9.84 Å². The Kier molecular flexibility index (Phi) is 11.1. The molecule has 8 nitrogen and oxygen atoms in total. The summed E-state index contributed by atoms with van der Waals surface area (Å²) in [5.41, 5.74) is 3.78. The van der Waals surface area contributed by atoms with Crippen LogP contribution < -0.4 is 10.6 Å². The number of aliphatic hydroxyl groups excluding tert-OH is 3. The summed E-state index contributed by atoms with van der Waals surface area (Å²) in [5, 5.41) is 36.8. The number of rotatable bonds is 13. The zero-order valence-electron chi connectivity index (χ0n) is 22.9. The van der Waals surface area contributed by atoms with Crippen LogP contribution in [0.3, 0.4) is 0 Å². The van der Waals surface area contributed by atoms with E-state index in [9.17, 15) is 19.8 Å². The Morgan fingerprint density at radius 3 is 2.39 bits per heavy atom. The lowest BCUT2D eigenvalue weighted by molar-refractivity contribution is -0.127. The van der Waals surface area contributed by atoms with Crippen molar-refractivity contribution in [3.63, 3.8) is 0 Å². The molecular weight excluding hydrogens is 520 g/mol. The van der Waals surface area contributed by atoms with Crippen LogP contribution in [0, 0.1) is 5.92 Å². The van der Waals surface area contributed by atoms with Gasteiger partial charge in [0.15, 0.2) is 0 Å². The standard InChI is InChI=1S/C33H38N2O6/c36-18-19-41-33(40)34-28(20-24-12-5-2-6-13-24)29(37)22-26(16-9-14-23-10-3-1-4-11-23)32(39)35-31-27-17-8-7-15-25(27)21-30(31)38/h1-15,17,26,28-31,36-38H,16,18-22H2,(H,34,40)(H,35,39)/b14-9+. The lowest BCUT2D eigenvalue weighted by atomic mass is 9.90. The molecule has 0 radical (unpaired) electrons. The van der Waals surface area contributed by atoms with Crippen molar-refractivity contribution in [3.05, 3.63) is 113 Å². The maximum Gasteiger partial charge on any atom is 0.407 e. The molecule has 5 atom stereocenters. The molecule has 4 rings (SSSR count). The van der Waals surface area contributed by atoms with Gasteiger partial charge < -0.3 is 30.7 Å². The quantitative estimate of drug-likeness (QED) is 0.218. The van der Waals surface area contributed by atoms with Gasteiger partial charge in [0.1, 0.15) is 6.61 Å². The first-order chi connectivity index (χ1) is 19.9. The predicted octanol–water partition coefficient (Wildman–Crippen LogP) is 3.56. The van der Waals surface area contributed by atoms with Crippen LogP contribution in [0.1, 0.15) is 41.1 Å². The first kappa shape index (κ1) is 30.0. The minimum absolute atomic E-state index is 0.0627. The van der Waals surface area contributed by atoms with Crippen molar-refractivity contribution in [1.82, 2.24) is 10.6 Å². The molecule has 1 aliphatic carbocycles. The Morgan fingerprint density at radius 2 is 1.66 bits per heavy atom. The van der Waals surface area contributed by atoms with Crippen molar-refractivity contribution in [1.29, 1.82) is 0 Å². The zero-order valence-corrected chi connectivity index (χ0v) is 22.9. The molecular formula is C33H38N2O6. The number of hydrogen-bond donors (Lipinski definition) is 5. The van der Waals surface area contributed by atoms with Crippen molar-refractivity contribution in [3.8, 4) is 0 Å². The number of ether oxygens (including phenoxy) is 1. The molecule has 0 aromatic heterocycles. The van der Waals surface area contributed by atoms with Gasteiger partial charge in [-0.2, -0.15) is 0 Å². The molecule has 3 aromatic rings. The lowest BCUT2D eigenvalue weighted by Gasteiger charge is -2.28. The van der Waals surface area contributed by atoms with Crippen LogP contribution in [0.2, 0.25) is 0 Å². The third-order valence-electron chi connectivity index (χ3n) is 7.32. The topological polar surface area (TPSA) is 128 Å². The summed E-state index contributed by atoms with van der Waals surface area (Å²) in [7, 11) is 0.